The van der Waals surface area contributed by atoms with Gasteiger partial charge >= 0.3 is 5.69 Å². The normalized spacial score (nSPS) is 26.2. The highest BCUT2D eigenvalue weighted by atomic mass is 16.7. The van der Waals surface area contributed by atoms with E-state index < -0.39 is 41.4 Å². The second-order valence-electron chi connectivity index (χ2n) is 11.0. The minimum absolute atomic E-state index is 0.232. The Balaban J connectivity index is 1.18. The van der Waals surface area contributed by atoms with Gasteiger partial charge in [-0.15, -0.1) is 0 Å². The number of nitrogens with zero attached hydrogens (tertiary/aromatic N) is 2. The third-order valence-electron chi connectivity index (χ3n) is 8.34. The van der Waals surface area contributed by atoms with E-state index in [-0.39, 0.29) is 25.7 Å². The molecule has 2 aliphatic heterocycles. The molecule has 3 aromatic carbocycles. The number of hydrogen-bond acceptors (Lipinski definition) is 7. The number of ketones is 1. The van der Waals surface area contributed by atoms with Gasteiger partial charge in [-0.1, -0.05) is 72.8 Å². The maximum Gasteiger partial charge on any atom is 0.335 e. The minimum atomic E-state index is -1.39. The number of aryl methyl sites for hydroxylation is 1. The lowest BCUT2D eigenvalue weighted by molar-refractivity contribution is -0.210. The largest absolute Gasteiger partial charge is 0.367 e. The summed E-state index contributed by atoms with van der Waals surface area (Å²) in [5, 5.41) is 2.21. The summed E-state index contributed by atoms with van der Waals surface area (Å²) in [6.45, 7) is 1.87. The third kappa shape index (κ3) is 4.37. The summed E-state index contributed by atoms with van der Waals surface area (Å²) in [7, 11) is 0. The molecule has 3 heterocycles. The van der Waals surface area contributed by atoms with Gasteiger partial charge in [0.1, 0.15) is 25.0 Å². The summed E-state index contributed by atoms with van der Waals surface area (Å²) in [6.07, 6.45) is 2.24. The van der Waals surface area contributed by atoms with Crippen LogP contribution in [0.2, 0.25) is 0 Å². The van der Waals surface area contributed by atoms with Gasteiger partial charge in [0.15, 0.2) is 17.6 Å². The Labute approximate surface area is 241 Å². The molecule has 214 valence electrons. The van der Waals surface area contributed by atoms with E-state index >= 15 is 0 Å². The van der Waals surface area contributed by atoms with Crippen LogP contribution in [0.1, 0.15) is 29.3 Å². The zero-order valence-electron chi connectivity index (χ0n) is 23.1. The van der Waals surface area contributed by atoms with Gasteiger partial charge in [0.2, 0.25) is 0 Å². The first-order valence-corrected chi connectivity index (χ1v) is 14.0. The summed E-state index contributed by atoms with van der Waals surface area (Å²) >= 11 is 0. The summed E-state index contributed by atoms with van der Waals surface area (Å²) < 4.78 is 27.4. The number of carbonyl (C=O) groups excluding carboxylic acids is 1. The quantitative estimate of drug-likeness (QED) is 0.320. The minimum Gasteiger partial charge on any atom is -0.367 e. The van der Waals surface area contributed by atoms with Crippen molar-refractivity contribution in [2.75, 3.05) is 0 Å². The van der Waals surface area contributed by atoms with Gasteiger partial charge in [-0.2, -0.15) is 0 Å². The number of rotatable bonds is 8. The molecular weight excluding hydrogens is 536 g/mol. The Morgan fingerprint density at radius 1 is 0.929 bits per heavy atom. The van der Waals surface area contributed by atoms with Gasteiger partial charge in [0.05, 0.1) is 13.2 Å². The Morgan fingerprint density at radius 3 is 2.55 bits per heavy atom. The number of hydrogen-bond donors (Lipinski definition) is 0. The van der Waals surface area contributed by atoms with Gasteiger partial charge in [-0.05, 0) is 47.4 Å². The molecule has 1 aliphatic carbocycles. The van der Waals surface area contributed by atoms with Crippen LogP contribution < -0.4 is 11.2 Å². The van der Waals surface area contributed by atoms with Gasteiger partial charge in [0, 0.05) is 11.8 Å². The van der Waals surface area contributed by atoms with Crippen molar-refractivity contribution in [3.8, 4) is 0 Å². The van der Waals surface area contributed by atoms with Gasteiger partial charge in [-0.25, -0.2) is 9.36 Å². The molecule has 0 radical (unpaired) electrons. The fourth-order valence-electron chi connectivity index (χ4n) is 6.26. The summed E-state index contributed by atoms with van der Waals surface area (Å²) in [5.41, 5.74) is -0.255. The van der Waals surface area contributed by atoms with E-state index in [1.807, 2.05) is 66.7 Å². The van der Waals surface area contributed by atoms with Crippen molar-refractivity contribution in [3.05, 3.63) is 129 Å². The SMILES string of the molecule is Cc1cn([C@@H]2O[C@@]34C(=O)C=CC[C@@H]3O[C@@H]2[C@@H]4OCc2ccc3ccccc3c2)c(=O)n(COCc2ccccc2)c1=O. The molecule has 5 atom stereocenters. The van der Waals surface area contributed by atoms with Crippen LogP contribution >= 0.6 is 0 Å². The molecule has 4 aromatic rings. The third-order valence-corrected chi connectivity index (χ3v) is 8.34. The number of benzene rings is 3. The maximum atomic E-state index is 13.7. The molecule has 2 saturated heterocycles. The van der Waals surface area contributed by atoms with Crippen LogP contribution in [0.5, 0.6) is 0 Å². The molecule has 0 N–H and O–H groups in total. The van der Waals surface area contributed by atoms with Crippen molar-refractivity contribution >= 4 is 16.6 Å². The molecular formula is C33H30N2O7. The van der Waals surface area contributed by atoms with E-state index in [1.54, 1.807) is 13.0 Å². The first-order valence-electron chi connectivity index (χ1n) is 14.0. The lowest BCUT2D eigenvalue weighted by Crippen LogP contribution is -2.55. The molecule has 2 bridgehead atoms. The van der Waals surface area contributed by atoms with E-state index in [1.165, 1.54) is 16.8 Å². The topological polar surface area (TPSA) is 98.0 Å². The van der Waals surface area contributed by atoms with E-state index in [2.05, 4.69) is 6.07 Å². The summed E-state index contributed by atoms with van der Waals surface area (Å²) in [4.78, 5) is 40.1. The molecule has 1 spiro atoms. The first kappa shape index (κ1) is 26.7. The monoisotopic (exact) mass is 566 g/mol. The lowest BCUT2D eigenvalue weighted by atomic mass is 9.82. The van der Waals surface area contributed by atoms with Crippen LogP contribution in [0.25, 0.3) is 10.8 Å². The van der Waals surface area contributed by atoms with E-state index in [4.69, 9.17) is 18.9 Å². The first-order chi connectivity index (χ1) is 20.5. The van der Waals surface area contributed by atoms with Crippen molar-refractivity contribution in [3.63, 3.8) is 0 Å². The predicted octanol–water partition coefficient (Wildman–Crippen LogP) is 3.80. The van der Waals surface area contributed by atoms with Crippen LogP contribution in [0.3, 0.4) is 0 Å². The Kier molecular flexibility index (Phi) is 6.74. The fraction of sp³-hybridized carbons (Fsp3) is 0.303. The van der Waals surface area contributed by atoms with Crippen molar-refractivity contribution < 1.29 is 23.7 Å². The van der Waals surface area contributed by atoms with Crippen LogP contribution in [0.4, 0.5) is 0 Å². The average Bonchev–Trinajstić information content (AvgIpc) is 3.50. The molecule has 1 aromatic heterocycles. The van der Waals surface area contributed by atoms with Crippen LogP contribution in [-0.4, -0.2) is 38.8 Å². The zero-order chi connectivity index (χ0) is 28.8. The maximum absolute atomic E-state index is 13.7. The van der Waals surface area contributed by atoms with Crippen LogP contribution in [0, 0.1) is 6.92 Å². The van der Waals surface area contributed by atoms with Crippen molar-refractivity contribution in [1.29, 1.82) is 0 Å². The van der Waals surface area contributed by atoms with Gasteiger partial charge < -0.3 is 18.9 Å². The zero-order valence-corrected chi connectivity index (χ0v) is 23.1. The van der Waals surface area contributed by atoms with Crippen molar-refractivity contribution in [2.45, 2.75) is 63.4 Å². The lowest BCUT2D eigenvalue weighted by Gasteiger charge is -2.37. The number of ether oxygens (including phenoxy) is 4. The van der Waals surface area contributed by atoms with Crippen molar-refractivity contribution in [1.82, 2.24) is 9.13 Å². The highest BCUT2D eigenvalue weighted by molar-refractivity contribution is 6.00. The van der Waals surface area contributed by atoms with E-state index in [9.17, 15) is 14.4 Å². The number of aromatic nitrogens is 2. The Bertz CT molecular complexity index is 1810. The second kappa shape index (κ2) is 10.6. The highest BCUT2D eigenvalue weighted by Crippen LogP contribution is 2.53. The number of fused-ring (bicyclic) bond motifs is 2. The molecule has 7 rings (SSSR count). The van der Waals surface area contributed by atoms with Crippen molar-refractivity contribution in [2.24, 2.45) is 0 Å². The predicted molar refractivity (Wildman–Crippen MR) is 154 cm³/mol. The summed E-state index contributed by atoms with van der Waals surface area (Å²) in [5.74, 6) is -0.253. The molecule has 2 fully saturated rings. The Hall–Kier alpha value is -4.15. The van der Waals surface area contributed by atoms with E-state index in [0.29, 0.717) is 12.0 Å². The fourth-order valence-corrected chi connectivity index (χ4v) is 6.26. The molecule has 0 unspecified atom stereocenters. The van der Waals surface area contributed by atoms with Gasteiger partial charge in [-0.3, -0.25) is 14.2 Å². The Morgan fingerprint density at radius 2 is 1.71 bits per heavy atom. The molecule has 3 aliphatic rings. The smallest absolute Gasteiger partial charge is 0.335 e. The average molecular weight is 567 g/mol. The molecule has 9 heteroatoms. The highest BCUT2D eigenvalue weighted by Gasteiger charge is 2.71. The van der Waals surface area contributed by atoms with Gasteiger partial charge in [0.25, 0.3) is 5.56 Å². The summed E-state index contributed by atoms with van der Waals surface area (Å²) in [6, 6.07) is 23.7. The molecule has 0 saturated carbocycles. The molecule has 0 amide bonds. The number of carbonyl (C=O) groups is 1. The standard InChI is InChI=1S/C33H30N2O7/c1-21-17-34(32(38)35(30(21)37)20-39-18-22-8-3-2-4-9-22)31-28-29(33(42-31)26(36)12-7-13-27(33)41-28)40-19-23-14-15-24-10-5-6-11-25(24)16-23/h2-12,14-17,27-29,31H,13,18-20H2,1H3/t27-,28+,29-,31+,33-/m0/s1. The molecule has 42 heavy (non-hydrogen) atoms. The van der Waals surface area contributed by atoms with Crippen LogP contribution in [-0.2, 0) is 43.7 Å². The van der Waals surface area contributed by atoms with E-state index in [0.717, 1.165) is 26.5 Å². The van der Waals surface area contributed by atoms with Crippen LogP contribution in [0.15, 0.2) is 101 Å². The second-order valence-corrected chi connectivity index (χ2v) is 11.0. The molecule has 9 nitrogen and oxygen atoms in total.